The van der Waals surface area contributed by atoms with Crippen molar-refractivity contribution in [3.63, 3.8) is 0 Å². The minimum absolute atomic E-state index is 0.642. The number of rotatable bonds is 14. The molecule has 2 heterocycles. The van der Waals surface area contributed by atoms with Gasteiger partial charge < -0.3 is 9.33 Å². The van der Waals surface area contributed by atoms with E-state index in [0.29, 0.717) is 10.7 Å². The Labute approximate surface area is 247 Å². The molecular weight excluding hydrogens is 553 g/mol. The molecule has 40 heavy (non-hydrogen) atoms. The molecule has 2 aromatic carbocycles. The number of nitrogens with zero attached hydrogens (tertiary/aromatic N) is 6. The molecule has 0 saturated heterocycles. The number of azo groups is 2. The lowest BCUT2D eigenvalue weighted by Crippen LogP contribution is -2.40. The molecule has 0 aliphatic carbocycles. The fourth-order valence-corrected chi connectivity index (χ4v) is 10.1. The summed E-state index contributed by atoms with van der Waals surface area (Å²) in [6, 6.07) is 20.8. The van der Waals surface area contributed by atoms with Crippen LogP contribution in [0.15, 0.2) is 75.1 Å². The molecule has 0 aliphatic rings. The molecule has 0 bridgehead atoms. The third-order valence-corrected chi connectivity index (χ3v) is 14.7. The number of hydrogen-bond acceptors (Lipinski definition) is 9. The van der Waals surface area contributed by atoms with Crippen LogP contribution >= 0.6 is 22.7 Å². The van der Waals surface area contributed by atoms with E-state index in [2.05, 4.69) is 96.1 Å². The van der Waals surface area contributed by atoms with Crippen molar-refractivity contribution < 1.29 is 4.43 Å². The van der Waals surface area contributed by atoms with Gasteiger partial charge in [0, 0.05) is 25.4 Å². The minimum atomic E-state index is -1.63. The van der Waals surface area contributed by atoms with Gasteiger partial charge in [0.15, 0.2) is 8.32 Å². The molecule has 212 valence electrons. The van der Waals surface area contributed by atoms with E-state index in [1.54, 1.807) is 0 Å². The third-order valence-electron chi connectivity index (χ3n) is 7.52. The fraction of sp³-hybridized carbons (Fsp3) is 0.433. The van der Waals surface area contributed by atoms with Crippen LogP contribution in [0.25, 0.3) is 9.53 Å². The van der Waals surface area contributed by atoms with E-state index in [9.17, 15) is 0 Å². The second-order valence-corrected chi connectivity index (χ2v) is 17.0. The fourth-order valence-electron chi connectivity index (χ4n) is 4.87. The average molecular weight is 593 g/mol. The van der Waals surface area contributed by atoms with Crippen molar-refractivity contribution >= 4 is 67.7 Å². The van der Waals surface area contributed by atoms with Crippen LogP contribution in [-0.2, 0) is 10.8 Å². The lowest BCUT2D eigenvalue weighted by molar-refractivity contribution is 0.296. The Morgan fingerprint density at radius 1 is 0.825 bits per heavy atom. The molecule has 0 unspecified atom stereocenters. The summed E-state index contributed by atoms with van der Waals surface area (Å²) in [7, 11) is -1.63. The molecule has 0 radical (unpaired) electrons. The number of anilines is 1. The van der Waals surface area contributed by atoms with E-state index in [1.165, 1.54) is 46.0 Å². The zero-order valence-corrected chi connectivity index (χ0v) is 27.1. The molecule has 0 fully saturated rings. The van der Waals surface area contributed by atoms with E-state index in [4.69, 9.17) is 4.43 Å². The van der Waals surface area contributed by atoms with E-state index < -0.39 is 8.32 Å². The molecule has 0 saturated carbocycles. The highest BCUT2D eigenvalue weighted by atomic mass is 32.1. The topological polar surface area (TPSA) is 74.8 Å². The van der Waals surface area contributed by atoms with E-state index in [-0.39, 0.29) is 0 Å². The molecule has 0 aliphatic heterocycles. The molecule has 4 rings (SSSR count). The summed E-state index contributed by atoms with van der Waals surface area (Å²) >= 11 is 3.02. The summed E-state index contributed by atoms with van der Waals surface area (Å²) in [5.74, 6) is 0. The Morgan fingerprint density at radius 3 is 2.02 bits per heavy atom. The smallest absolute Gasteiger partial charge is 0.231 e. The zero-order valence-electron chi connectivity index (χ0n) is 24.4. The number of thiophene rings is 1. The maximum Gasteiger partial charge on any atom is 0.231 e. The summed E-state index contributed by atoms with van der Waals surface area (Å²) in [5.41, 5.74) is 4.75. The second kappa shape index (κ2) is 14.2. The Bertz CT molecular complexity index is 1370. The number of thiazole rings is 1. The Hall–Kier alpha value is -2.79. The van der Waals surface area contributed by atoms with Crippen LogP contribution in [-0.4, -0.2) is 33.0 Å². The highest BCUT2D eigenvalue weighted by Crippen LogP contribution is 2.39. The summed E-state index contributed by atoms with van der Waals surface area (Å²) in [6.45, 7) is 16.2. The van der Waals surface area contributed by atoms with Crippen LogP contribution in [0.4, 0.5) is 27.2 Å². The lowest BCUT2D eigenvalue weighted by Gasteiger charge is -2.33. The van der Waals surface area contributed by atoms with Gasteiger partial charge >= 0.3 is 0 Å². The van der Waals surface area contributed by atoms with Gasteiger partial charge in [0.25, 0.3) is 0 Å². The molecule has 4 aromatic rings. The third kappa shape index (κ3) is 7.48. The SMILES string of the molecule is CCN(CC)c1ccc(N=Nc2nc3sc(N=Nc4ccc(CCO[Si](CC)(CC)C(C)C)cc4)cc3s2)cc1. The molecule has 2 aromatic heterocycles. The average Bonchev–Trinajstić information content (AvgIpc) is 3.54. The van der Waals surface area contributed by atoms with Crippen LogP contribution in [0.1, 0.15) is 47.1 Å². The van der Waals surface area contributed by atoms with Crippen molar-refractivity contribution in [2.24, 2.45) is 20.5 Å². The Kier molecular flexibility index (Phi) is 10.7. The van der Waals surface area contributed by atoms with Gasteiger partial charge in [-0.3, -0.25) is 0 Å². The Morgan fingerprint density at radius 2 is 1.45 bits per heavy atom. The number of aromatic nitrogens is 1. The van der Waals surface area contributed by atoms with Crippen molar-refractivity contribution in [2.45, 2.75) is 65.6 Å². The first kappa shape index (κ1) is 30.2. The summed E-state index contributed by atoms with van der Waals surface area (Å²) < 4.78 is 7.54. The lowest BCUT2D eigenvalue weighted by atomic mass is 10.1. The van der Waals surface area contributed by atoms with E-state index in [1.807, 2.05) is 30.3 Å². The molecule has 0 spiro atoms. The molecule has 0 amide bonds. The predicted octanol–water partition coefficient (Wildman–Crippen LogP) is 11.0. The van der Waals surface area contributed by atoms with Gasteiger partial charge in [0.1, 0.15) is 9.83 Å². The van der Waals surface area contributed by atoms with Crippen LogP contribution in [0, 0.1) is 0 Å². The molecule has 0 atom stereocenters. The largest absolute Gasteiger partial charge is 0.416 e. The first-order valence-electron chi connectivity index (χ1n) is 14.2. The van der Waals surface area contributed by atoms with Gasteiger partial charge in [-0.15, -0.1) is 20.5 Å². The predicted molar refractivity (Wildman–Crippen MR) is 174 cm³/mol. The standard InChI is InChI=1S/C30H40N6OS2Si/c1-7-36(8-2)26-17-15-25(16-18-26)33-35-30-31-29-27(38-30)21-28(39-29)34-32-24-13-11-23(12-14-24)19-20-37-40(9-3,10-4)22(5)6/h11-18,21-22H,7-10,19-20H2,1-6H3. The van der Waals surface area contributed by atoms with Crippen molar-refractivity contribution in [1.29, 1.82) is 0 Å². The Balaban J connectivity index is 1.32. The van der Waals surface area contributed by atoms with Crippen molar-refractivity contribution in [2.75, 3.05) is 24.6 Å². The van der Waals surface area contributed by atoms with Crippen LogP contribution in [0.2, 0.25) is 17.6 Å². The maximum absolute atomic E-state index is 6.50. The summed E-state index contributed by atoms with van der Waals surface area (Å²) in [5, 5.41) is 19.1. The quantitative estimate of drug-likeness (QED) is 0.108. The maximum atomic E-state index is 6.50. The van der Waals surface area contributed by atoms with Gasteiger partial charge in [0.2, 0.25) is 5.13 Å². The first-order valence-corrected chi connectivity index (χ1v) is 18.2. The van der Waals surface area contributed by atoms with E-state index in [0.717, 1.165) is 52.0 Å². The van der Waals surface area contributed by atoms with Crippen molar-refractivity contribution in [1.82, 2.24) is 4.98 Å². The first-order chi connectivity index (χ1) is 19.4. The normalized spacial score (nSPS) is 12.5. The minimum Gasteiger partial charge on any atom is -0.416 e. The molecular formula is C30H40N6OS2Si. The van der Waals surface area contributed by atoms with Crippen molar-refractivity contribution in [3.8, 4) is 0 Å². The number of benzene rings is 2. The van der Waals surface area contributed by atoms with Crippen LogP contribution in [0.3, 0.4) is 0 Å². The zero-order chi connectivity index (χ0) is 28.5. The molecule has 7 nitrogen and oxygen atoms in total. The van der Waals surface area contributed by atoms with Gasteiger partial charge in [-0.2, -0.15) is 0 Å². The van der Waals surface area contributed by atoms with Gasteiger partial charge in [-0.05, 0) is 85.9 Å². The highest BCUT2D eigenvalue weighted by Gasteiger charge is 2.34. The van der Waals surface area contributed by atoms with Crippen molar-refractivity contribution in [3.05, 3.63) is 60.2 Å². The molecule has 0 N–H and O–H groups in total. The van der Waals surface area contributed by atoms with E-state index >= 15 is 0 Å². The number of fused-ring (bicyclic) bond motifs is 1. The monoisotopic (exact) mass is 592 g/mol. The van der Waals surface area contributed by atoms with Gasteiger partial charge in [0.05, 0.1) is 16.1 Å². The highest BCUT2D eigenvalue weighted by molar-refractivity contribution is 7.30. The number of hydrogen-bond donors (Lipinski definition) is 0. The summed E-state index contributed by atoms with van der Waals surface area (Å²) in [4.78, 5) is 7.82. The molecule has 10 heteroatoms. The second-order valence-electron chi connectivity index (χ2n) is 10.0. The van der Waals surface area contributed by atoms with Gasteiger partial charge in [-0.1, -0.05) is 62.5 Å². The van der Waals surface area contributed by atoms with Crippen LogP contribution in [0.5, 0.6) is 0 Å². The summed E-state index contributed by atoms with van der Waals surface area (Å²) in [6.07, 6.45) is 0.924. The van der Waals surface area contributed by atoms with Crippen LogP contribution < -0.4 is 4.90 Å². The van der Waals surface area contributed by atoms with Gasteiger partial charge in [-0.25, -0.2) is 4.98 Å².